The van der Waals surface area contributed by atoms with Gasteiger partial charge in [0.05, 0.1) is 17.0 Å². The molecule has 0 aromatic rings. The number of Topliss-reactive ketones (excluding diaryl/α,β-unsaturated/α-hetero) is 1. The van der Waals surface area contributed by atoms with Crippen molar-refractivity contribution in [3.63, 3.8) is 0 Å². The summed E-state index contributed by atoms with van der Waals surface area (Å²) in [6.45, 7) is 6.56. The van der Waals surface area contributed by atoms with Crippen molar-refractivity contribution in [3.05, 3.63) is 0 Å². The van der Waals surface area contributed by atoms with Crippen LogP contribution in [-0.4, -0.2) is 34.9 Å². The largest absolute Gasteiger partial charge is 0.463 e. The molecule has 4 aliphatic carbocycles. The van der Waals surface area contributed by atoms with E-state index >= 15 is 0 Å². The molecule has 156 valence electrons. The van der Waals surface area contributed by atoms with E-state index in [0.717, 1.165) is 38.7 Å². The van der Waals surface area contributed by atoms with Crippen LogP contribution in [0.25, 0.3) is 0 Å². The molecule has 5 fully saturated rings. The molecule has 9 atom stereocenters. The van der Waals surface area contributed by atoms with Crippen LogP contribution in [-0.2, 0) is 19.1 Å². The van der Waals surface area contributed by atoms with Gasteiger partial charge in [-0.3, -0.25) is 9.59 Å². The molecule has 0 spiro atoms. The Morgan fingerprint density at radius 2 is 1.86 bits per heavy atom. The number of ketones is 1. The van der Waals surface area contributed by atoms with Gasteiger partial charge in [-0.05, 0) is 75.0 Å². The number of hydrogen-bond acceptors (Lipinski definition) is 4. The summed E-state index contributed by atoms with van der Waals surface area (Å²) >= 11 is 4.20. The summed E-state index contributed by atoms with van der Waals surface area (Å²) in [6, 6.07) is 0. The predicted octanol–water partition coefficient (Wildman–Crippen LogP) is 4.67. The monoisotopic (exact) mass is 452 g/mol. The summed E-state index contributed by atoms with van der Waals surface area (Å²) in [5.74, 6) is 2.47. The van der Waals surface area contributed by atoms with E-state index in [0.29, 0.717) is 23.5 Å². The van der Waals surface area contributed by atoms with E-state index in [-0.39, 0.29) is 39.2 Å². The molecular weight excluding hydrogens is 420 g/mol. The standard InChI is InChI=1S/C23H33BrO4/c1-13(25)17-4-5-18-16-10-20-23(24)11-15(28-14(2)26)6-9-22(23,12-27-20)19(16)7-8-21(17,18)3/h15-20H,4-12H2,1-3H3/t15?,16-,17+,18-,19-,20?,21+,22-,23-/m0/s1. The maximum atomic E-state index is 12.3. The Bertz CT molecular complexity index is 709. The van der Waals surface area contributed by atoms with Crippen LogP contribution in [0.1, 0.15) is 72.1 Å². The van der Waals surface area contributed by atoms with Crippen molar-refractivity contribution >= 4 is 27.7 Å². The summed E-state index contributed by atoms with van der Waals surface area (Å²) in [5, 5.41) is 0. The van der Waals surface area contributed by atoms with E-state index < -0.39 is 0 Å². The highest BCUT2D eigenvalue weighted by atomic mass is 79.9. The number of halogens is 1. The highest BCUT2D eigenvalue weighted by Crippen LogP contribution is 2.72. The smallest absolute Gasteiger partial charge is 0.302 e. The predicted molar refractivity (Wildman–Crippen MR) is 109 cm³/mol. The van der Waals surface area contributed by atoms with Gasteiger partial charge in [-0.1, -0.05) is 22.9 Å². The molecule has 4 saturated carbocycles. The minimum atomic E-state index is -0.173. The third kappa shape index (κ3) is 2.38. The molecule has 4 nitrogen and oxygen atoms in total. The van der Waals surface area contributed by atoms with Crippen LogP contribution >= 0.6 is 15.9 Å². The number of hydrogen-bond donors (Lipinski definition) is 0. The number of ether oxygens (including phenoxy) is 2. The van der Waals surface area contributed by atoms with E-state index in [2.05, 4.69) is 22.9 Å². The van der Waals surface area contributed by atoms with Crippen molar-refractivity contribution in [2.45, 2.75) is 88.7 Å². The molecule has 0 N–H and O–H groups in total. The van der Waals surface area contributed by atoms with Gasteiger partial charge in [0.1, 0.15) is 11.9 Å². The molecule has 5 heteroatoms. The summed E-state index contributed by atoms with van der Waals surface area (Å²) in [7, 11) is 0. The Morgan fingerprint density at radius 1 is 1.07 bits per heavy atom. The summed E-state index contributed by atoms with van der Waals surface area (Å²) in [5.41, 5.74) is 0.344. The average molecular weight is 453 g/mol. The second-order valence-corrected chi connectivity index (χ2v) is 12.1. The van der Waals surface area contributed by atoms with Crippen LogP contribution in [0.5, 0.6) is 0 Å². The van der Waals surface area contributed by atoms with Crippen molar-refractivity contribution in [1.29, 1.82) is 0 Å². The van der Waals surface area contributed by atoms with E-state index in [9.17, 15) is 9.59 Å². The second kappa shape index (κ2) is 6.29. The molecule has 2 bridgehead atoms. The molecule has 1 heterocycles. The molecule has 0 amide bonds. The first-order chi connectivity index (χ1) is 13.2. The zero-order chi connectivity index (χ0) is 19.9. The minimum absolute atomic E-state index is 0.00757. The molecular formula is C23H33BrO4. The Hall–Kier alpha value is -0.420. The first kappa shape index (κ1) is 19.5. The lowest BCUT2D eigenvalue weighted by Crippen LogP contribution is -2.63. The Labute approximate surface area is 176 Å². The van der Waals surface area contributed by atoms with Gasteiger partial charge < -0.3 is 9.47 Å². The molecule has 28 heavy (non-hydrogen) atoms. The lowest BCUT2D eigenvalue weighted by molar-refractivity contribution is -0.155. The van der Waals surface area contributed by atoms with Crippen LogP contribution in [0.3, 0.4) is 0 Å². The number of alkyl halides is 1. The number of rotatable bonds is 2. The number of fused-ring (bicyclic) bond motifs is 3. The van der Waals surface area contributed by atoms with Crippen LogP contribution in [0.15, 0.2) is 0 Å². The second-order valence-electron chi connectivity index (χ2n) is 10.7. The normalized spacial score (nSPS) is 54.4. The summed E-state index contributed by atoms with van der Waals surface area (Å²) < 4.78 is 12.0. The third-order valence-corrected chi connectivity index (χ3v) is 11.4. The van der Waals surface area contributed by atoms with Gasteiger partial charge in [0.25, 0.3) is 0 Å². The average Bonchev–Trinajstić information content (AvgIpc) is 3.04. The zero-order valence-corrected chi connectivity index (χ0v) is 18.9. The minimum Gasteiger partial charge on any atom is -0.463 e. The van der Waals surface area contributed by atoms with Crippen molar-refractivity contribution in [2.24, 2.45) is 34.5 Å². The Morgan fingerprint density at radius 3 is 2.57 bits per heavy atom. The number of carbonyl (C=O) groups excluding carboxylic acids is 2. The fourth-order valence-electron chi connectivity index (χ4n) is 8.70. The number of esters is 1. The summed E-state index contributed by atoms with van der Waals surface area (Å²) in [6.07, 6.45) is 8.86. The zero-order valence-electron chi connectivity index (χ0n) is 17.3. The molecule has 1 saturated heterocycles. The lowest BCUT2D eigenvalue weighted by Gasteiger charge is -2.62. The van der Waals surface area contributed by atoms with Crippen molar-refractivity contribution in [2.75, 3.05) is 6.61 Å². The molecule has 2 unspecified atom stereocenters. The van der Waals surface area contributed by atoms with E-state index in [1.54, 1.807) is 6.92 Å². The molecule has 0 radical (unpaired) electrons. The van der Waals surface area contributed by atoms with Crippen LogP contribution in [0.4, 0.5) is 0 Å². The van der Waals surface area contributed by atoms with Crippen molar-refractivity contribution in [3.8, 4) is 0 Å². The highest BCUT2D eigenvalue weighted by molar-refractivity contribution is 9.10. The SMILES string of the molecule is CC(=O)OC1CC[C@]23COC(C[C@H]4[C@@H]5CC[C@H](C(C)=O)[C@@]5(C)CC[C@@H]42)[C@@]3(Br)C1. The van der Waals surface area contributed by atoms with Gasteiger partial charge in [-0.2, -0.15) is 0 Å². The van der Waals surface area contributed by atoms with Gasteiger partial charge in [-0.25, -0.2) is 0 Å². The third-order valence-electron chi connectivity index (χ3n) is 9.77. The van der Waals surface area contributed by atoms with E-state index in [1.807, 2.05) is 0 Å². The Balaban J connectivity index is 1.46. The molecule has 0 aromatic heterocycles. The van der Waals surface area contributed by atoms with Crippen LogP contribution in [0, 0.1) is 34.5 Å². The molecule has 1 aliphatic heterocycles. The quantitative estimate of drug-likeness (QED) is 0.450. The summed E-state index contributed by atoms with van der Waals surface area (Å²) in [4.78, 5) is 23.9. The fraction of sp³-hybridized carbons (Fsp3) is 0.913. The highest BCUT2D eigenvalue weighted by Gasteiger charge is 2.72. The van der Waals surface area contributed by atoms with Gasteiger partial charge in [0.15, 0.2) is 0 Å². The lowest BCUT2D eigenvalue weighted by atomic mass is 9.44. The maximum absolute atomic E-state index is 12.3. The van der Waals surface area contributed by atoms with Gasteiger partial charge in [0, 0.05) is 24.7 Å². The van der Waals surface area contributed by atoms with Gasteiger partial charge in [0.2, 0.25) is 0 Å². The molecule has 5 rings (SSSR count). The van der Waals surface area contributed by atoms with Crippen LogP contribution < -0.4 is 0 Å². The maximum Gasteiger partial charge on any atom is 0.302 e. The van der Waals surface area contributed by atoms with Gasteiger partial charge in [-0.15, -0.1) is 0 Å². The van der Waals surface area contributed by atoms with Crippen molar-refractivity contribution < 1.29 is 19.1 Å². The fourth-order valence-corrected chi connectivity index (χ4v) is 9.98. The van der Waals surface area contributed by atoms with E-state index in [4.69, 9.17) is 9.47 Å². The first-order valence-electron chi connectivity index (χ1n) is 11.2. The van der Waals surface area contributed by atoms with E-state index in [1.165, 1.54) is 26.2 Å². The van der Waals surface area contributed by atoms with Gasteiger partial charge >= 0.3 is 5.97 Å². The first-order valence-corrected chi connectivity index (χ1v) is 12.0. The Kier molecular flexibility index (Phi) is 4.39. The molecule has 5 aliphatic rings. The number of carbonyl (C=O) groups is 2. The topological polar surface area (TPSA) is 52.6 Å². The van der Waals surface area contributed by atoms with Crippen LogP contribution in [0.2, 0.25) is 0 Å². The van der Waals surface area contributed by atoms with Crippen molar-refractivity contribution in [1.82, 2.24) is 0 Å². The molecule has 0 aromatic carbocycles.